The molecule has 8 nitrogen and oxygen atoms in total. The molecular formula is C17H13ClN8. The van der Waals surface area contributed by atoms with Crippen LogP contribution in [0.1, 0.15) is 5.56 Å². The molecule has 0 radical (unpaired) electrons. The molecule has 0 aliphatic carbocycles. The van der Waals surface area contributed by atoms with Crippen LogP contribution < -0.4 is 5.32 Å². The number of halogens is 1. The first kappa shape index (κ1) is 16.1. The summed E-state index contributed by atoms with van der Waals surface area (Å²) in [5.41, 5.74) is 2.58. The molecule has 0 bridgehead atoms. The van der Waals surface area contributed by atoms with Gasteiger partial charge in [-0.15, -0.1) is 5.10 Å². The molecular weight excluding hydrogens is 352 g/mol. The van der Waals surface area contributed by atoms with Crippen molar-refractivity contribution in [3.05, 3.63) is 72.0 Å². The van der Waals surface area contributed by atoms with Crippen LogP contribution in [0.3, 0.4) is 0 Å². The molecule has 3 heterocycles. The fourth-order valence-electron chi connectivity index (χ4n) is 2.42. The Morgan fingerprint density at radius 1 is 1.04 bits per heavy atom. The SMILES string of the molecule is Clc1ncccc1-c1ncnc(Nc2cccc(Cn3ccnn3)c2)n1. The lowest BCUT2D eigenvalue weighted by Crippen LogP contribution is -2.03. The Kier molecular flexibility index (Phi) is 4.48. The molecule has 0 aliphatic rings. The van der Waals surface area contributed by atoms with Crippen molar-refractivity contribution in [1.82, 2.24) is 34.9 Å². The summed E-state index contributed by atoms with van der Waals surface area (Å²) in [6, 6.07) is 11.5. The molecule has 26 heavy (non-hydrogen) atoms. The molecule has 0 saturated heterocycles. The van der Waals surface area contributed by atoms with E-state index in [2.05, 4.69) is 35.6 Å². The largest absolute Gasteiger partial charge is 0.324 e. The summed E-state index contributed by atoms with van der Waals surface area (Å²) in [4.78, 5) is 16.8. The molecule has 128 valence electrons. The van der Waals surface area contributed by atoms with Gasteiger partial charge in [0.1, 0.15) is 11.5 Å². The van der Waals surface area contributed by atoms with Gasteiger partial charge in [0.2, 0.25) is 5.95 Å². The second-order valence-electron chi connectivity index (χ2n) is 5.40. The number of aromatic nitrogens is 7. The van der Waals surface area contributed by atoms with Crippen LogP contribution in [0.25, 0.3) is 11.4 Å². The zero-order valence-corrected chi connectivity index (χ0v) is 14.2. The first-order chi connectivity index (χ1) is 12.8. The summed E-state index contributed by atoms with van der Waals surface area (Å²) in [5.74, 6) is 0.882. The van der Waals surface area contributed by atoms with Gasteiger partial charge in [-0.1, -0.05) is 28.9 Å². The quantitative estimate of drug-likeness (QED) is 0.544. The number of hydrogen-bond acceptors (Lipinski definition) is 7. The van der Waals surface area contributed by atoms with Gasteiger partial charge in [0, 0.05) is 18.1 Å². The van der Waals surface area contributed by atoms with Gasteiger partial charge in [-0.05, 0) is 29.8 Å². The number of nitrogens with zero attached hydrogens (tertiary/aromatic N) is 7. The van der Waals surface area contributed by atoms with Crippen LogP contribution in [0, 0.1) is 0 Å². The van der Waals surface area contributed by atoms with E-state index in [0.717, 1.165) is 11.3 Å². The Bertz CT molecular complexity index is 1020. The summed E-state index contributed by atoms with van der Waals surface area (Å²) >= 11 is 6.11. The molecule has 0 fully saturated rings. The summed E-state index contributed by atoms with van der Waals surface area (Å²) in [5, 5.41) is 11.3. The van der Waals surface area contributed by atoms with Crippen LogP contribution in [0.2, 0.25) is 5.15 Å². The van der Waals surface area contributed by atoms with Gasteiger partial charge in [-0.2, -0.15) is 4.98 Å². The minimum Gasteiger partial charge on any atom is -0.324 e. The molecule has 0 amide bonds. The second-order valence-corrected chi connectivity index (χ2v) is 5.76. The second kappa shape index (κ2) is 7.24. The predicted molar refractivity (Wildman–Crippen MR) is 96.9 cm³/mol. The van der Waals surface area contributed by atoms with Gasteiger partial charge in [-0.25, -0.2) is 19.6 Å². The van der Waals surface area contributed by atoms with Gasteiger partial charge in [0.25, 0.3) is 0 Å². The lowest BCUT2D eigenvalue weighted by atomic mass is 10.2. The maximum absolute atomic E-state index is 6.11. The van der Waals surface area contributed by atoms with E-state index in [9.17, 15) is 0 Å². The van der Waals surface area contributed by atoms with Crippen LogP contribution in [0.15, 0.2) is 61.3 Å². The number of pyridine rings is 1. The van der Waals surface area contributed by atoms with Crippen LogP contribution in [-0.2, 0) is 6.54 Å². The zero-order chi connectivity index (χ0) is 17.8. The van der Waals surface area contributed by atoms with Gasteiger partial charge >= 0.3 is 0 Å². The van der Waals surface area contributed by atoms with Gasteiger partial charge in [-0.3, -0.25) is 0 Å². The first-order valence-electron chi connectivity index (χ1n) is 7.78. The molecule has 0 aliphatic heterocycles. The average molecular weight is 365 g/mol. The normalized spacial score (nSPS) is 10.7. The highest BCUT2D eigenvalue weighted by atomic mass is 35.5. The molecule has 0 saturated carbocycles. The van der Waals surface area contributed by atoms with E-state index >= 15 is 0 Å². The highest BCUT2D eigenvalue weighted by Crippen LogP contribution is 2.23. The number of nitrogens with one attached hydrogen (secondary N) is 1. The lowest BCUT2D eigenvalue weighted by Gasteiger charge is -2.08. The van der Waals surface area contributed by atoms with E-state index in [1.807, 2.05) is 36.5 Å². The first-order valence-corrected chi connectivity index (χ1v) is 8.16. The van der Waals surface area contributed by atoms with Gasteiger partial charge < -0.3 is 5.32 Å². The Labute approximate surface area is 153 Å². The monoisotopic (exact) mass is 364 g/mol. The van der Waals surface area contributed by atoms with E-state index < -0.39 is 0 Å². The fraction of sp³-hybridized carbons (Fsp3) is 0.0588. The van der Waals surface area contributed by atoms with Crippen molar-refractivity contribution in [3.8, 4) is 11.4 Å². The average Bonchev–Trinajstić information content (AvgIpc) is 3.16. The van der Waals surface area contributed by atoms with Crippen molar-refractivity contribution in [1.29, 1.82) is 0 Å². The van der Waals surface area contributed by atoms with Crippen molar-refractivity contribution in [3.63, 3.8) is 0 Å². The third-order valence-electron chi connectivity index (χ3n) is 3.57. The van der Waals surface area contributed by atoms with Crippen molar-refractivity contribution in [2.24, 2.45) is 0 Å². The Hall–Kier alpha value is -3.39. The summed E-state index contributed by atoms with van der Waals surface area (Å²) in [6.07, 6.45) is 6.52. The molecule has 4 rings (SSSR count). The number of benzene rings is 1. The van der Waals surface area contributed by atoms with Crippen LogP contribution in [0.4, 0.5) is 11.6 Å². The van der Waals surface area contributed by atoms with E-state index in [0.29, 0.717) is 29.0 Å². The smallest absolute Gasteiger partial charge is 0.230 e. The van der Waals surface area contributed by atoms with Crippen LogP contribution >= 0.6 is 11.6 Å². The van der Waals surface area contributed by atoms with Crippen LogP contribution in [0.5, 0.6) is 0 Å². The van der Waals surface area contributed by atoms with E-state index in [1.165, 1.54) is 6.33 Å². The van der Waals surface area contributed by atoms with Crippen molar-refractivity contribution in [2.45, 2.75) is 6.54 Å². The molecule has 1 aromatic carbocycles. The molecule has 9 heteroatoms. The molecule has 1 N–H and O–H groups in total. The number of hydrogen-bond donors (Lipinski definition) is 1. The Balaban J connectivity index is 1.56. The molecule has 0 atom stereocenters. The highest BCUT2D eigenvalue weighted by Gasteiger charge is 2.09. The van der Waals surface area contributed by atoms with E-state index in [1.54, 1.807) is 23.1 Å². The third kappa shape index (κ3) is 3.65. The molecule has 3 aromatic heterocycles. The zero-order valence-electron chi connectivity index (χ0n) is 13.5. The molecule has 0 unspecified atom stereocenters. The van der Waals surface area contributed by atoms with Gasteiger partial charge in [0.05, 0.1) is 18.3 Å². The predicted octanol–water partition coefficient (Wildman–Crippen LogP) is 2.97. The topological polar surface area (TPSA) is 94.3 Å². The molecule has 0 spiro atoms. The van der Waals surface area contributed by atoms with Crippen molar-refractivity contribution < 1.29 is 0 Å². The maximum atomic E-state index is 6.11. The van der Waals surface area contributed by atoms with Crippen molar-refractivity contribution >= 4 is 23.2 Å². The van der Waals surface area contributed by atoms with Crippen molar-refractivity contribution in [2.75, 3.05) is 5.32 Å². The number of anilines is 2. The van der Waals surface area contributed by atoms with E-state index in [-0.39, 0.29) is 0 Å². The Morgan fingerprint density at radius 3 is 2.85 bits per heavy atom. The minimum atomic E-state index is 0.347. The summed E-state index contributed by atoms with van der Waals surface area (Å²) < 4.78 is 1.75. The van der Waals surface area contributed by atoms with Crippen LogP contribution in [-0.4, -0.2) is 34.9 Å². The number of rotatable bonds is 5. The van der Waals surface area contributed by atoms with Gasteiger partial charge in [0.15, 0.2) is 5.82 Å². The summed E-state index contributed by atoms with van der Waals surface area (Å²) in [6.45, 7) is 0.628. The lowest BCUT2D eigenvalue weighted by molar-refractivity contribution is 0.650. The highest BCUT2D eigenvalue weighted by molar-refractivity contribution is 6.31. The third-order valence-corrected chi connectivity index (χ3v) is 3.87. The molecule has 4 aromatic rings. The standard InChI is InChI=1S/C17H13ClN8/c18-15-14(5-2-6-19-15)16-20-11-21-17(24-16)23-13-4-1-3-12(9-13)10-26-8-7-22-25-26/h1-9,11H,10H2,(H,20,21,23,24). The summed E-state index contributed by atoms with van der Waals surface area (Å²) in [7, 11) is 0. The maximum Gasteiger partial charge on any atom is 0.230 e. The fourth-order valence-corrected chi connectivity index (χ4v) is 2.62. The minimum absolute atomic E-state index is 0.347. The van der Waals surface area contributed by atoms with E-state index in [4.69, 9.17) is 11.6 Å². The Morgan fingerprint density at radius 2 is 2.00 bits per heavy atom.